The largest absolute Gasteiger partial charge is 0.490 e. The highest BCUT2D eigenvalue weighted by Gasteiger charge is 2.38. The Balaban J connectivity index is 0.000000339. The van der Waals surface area contributed by atoms with Crippen LogP contribution in [0.1, 0.15) is 17.0 Å². The molecule has 0 aliphatic carbocycles. The zero-order valence-electron chi connectivity index (χ0n) is 17.3. The molecule has 1 aliphatic rings. The average Bonchev–Trinajstić information content (AvgIpc) is 2.71. The molecule has 3 aromatic rings. The molecule has 6 nitrogen and oxygen atoms in total. The molecule has 2 aromatic carbocycles. The van der Waals surface area contributed by atoms with Gasteiger partial charge in [-0.05, 0) is 54.8 Å². The predicted molar refractivity (Wildman–Crippen MR) is 111 cm³/mol. The van der Waals surface area contributed by atoms with E-state index in [0.29, 0.717) is 5.39 Å². The summed E-state index contributed by atoms with van der Waals surface area (Å²) in [4.78, 5) is 28.2. The van der Waals surface area contributed by atoms with E-state index >= 15 is 0 Å². The van der Waals surface area contributed by atoms with Gasteiger partial charge in [0.1, 0.15) is 5.82 Å². The number of fused-ring (bicyclic) bond motifs is 2. The highest BCUT2D eigenvalue weighted by molar-refractivity contribution is 5.84. The Hall–Kier alpha value is -3.20. The smallest absolute Gasteiger partial charge is 0.475 e. The number of rotatable bonds is 1. The maximum absolute atomic E-state index is 12.4. The molecule has 4 rings (SSSR count). The quantitative estimate of drug-likeness (QED) is 0.636. The standard InChI is InChI=1S/C20H21N3O.C2HF3O2/c1-13-21-19-11-14(7-8-18(19)20(24)23(13)3)16-6-4-5-15-12-22(2)10-9-17(15)16;3-2(4,5)1(6)7/h4-8,11H,9-10,12H2,1-3H3;(H,6,7). The summed E-state index contributed by atoms with van der Waals surface area (Å²) in [6, 6.07) is 12.5. The minimum absolute atomic E-state index is 0.0146. The van der Waals surface area contributed by atoms with Crippen molar-refractivity contribution in [2.24, 2.45) is 7.05 Å². The minimum Gasteiger partial charge on any atom is -0.475 e. The fourth-order valence-corrected chi connectivity index (χ4v) is 3.57. The topological polar surface area (TPSA) is 75.4 Å². The third-order valence-corrected chi connectivity index (χ3v) is 5.31. The highest BCUT2D eigenvalue weighted by Crippen LogP contribution is 2.31. The van der Waals surface area contributed by atoms with Gasteiger partial charge in [0, 0.05) is 20.1 Å². The van der Waals surface area contributed by atoms with Crippen molar-refractivity contribution in [3.8, 4) is 11.1 Å². The first-order valence-electron chi connectivity index (χ1n) is 9.56. The number of likely N-dealkylation sites (N-methyl/N-ethyl adjacent to an activating group) is 1. The number of hydrogen-bond donors (Lipinski definition) is 1. The fraction of sp³-hybridized carbons (Fsp3) is 0.318. The lowest BCUT2D eigenvalue weighted by Crippen LogP contribution is -2.26. The van der Waals surface area contributed by atoms with Crippen molar-refractivity contribution >= 4 is 16.9 Å². The lowest BCUT2D eigenvalue weighted by molar-refractivity contribution is -0.192. The number of benzene rings is 2. The van der Waals surface area contributed by atoms with Crippen molar-refractivity contribution in [3.63, 3.8) is 0 Å². The Labute approximate surface area is 176 Å². The second-order valence-electron chi connectivity index (χ2n) is 7.49. The number of hydrogen-bond acceptors (Lipinski definition) is 4. The zero-order valence-corrected chi connectivity index (χ0v) is 17.3. The molecule has 1 N–H and O–H groups in total. The van der Waals surface area contributed by atoms with E-state index in [-0.39, 0.29) is 5.56 Å². The molecule has 0 bridgehead atoms. The summed E-state index contributed by atoms with van der Waals surface area (Å²) in [6.07, 6.45) is -4.02. The molecule has 0 saturated heterocycles. The molecule has 9 heteroatoms. The molecule has 0 saturated carbocycles. The summed E-state index contributed by atoms with van der Waals surface area (Å²) in [7, 11) is 3.93. The second-order valence-corrected chi connectivity index (χ2v) is 7.49. The van der Waals surface area contributed by atoms with Crippen molar-refractivity contribution in [2.75, 3.05) is 13.6 Å². The third kappa shape index (κ3) is 4.77. The van der Waals surface area contributed by atoms with Crippen LogP contribution in [0.4, 0.5) is 13.2 Å². The molecule has 1 aromatic heterocycles. The molecule has 0 fully saturated rings. The molecule has 0 amide bonds. The molecular formula is C22H22F3N3O3. The number of aromatic nitrogens is 2. The van der Waals surface area contributed by atoms with E-state index in [0.717, 1.165) is 36.4 Å². The Kier molecular flexibility index (Phi) is 6.17. The van der Waals surface area contributed by atoms with Crippen molar-refractivity contribution in [2.45, 2.75) is 26.1 Å². The van der Waals surface area contributed by atoms with Gasteiger partial charge in [0.15, 0.2) is 0 Å². The van der Waals surface area contributed by atoms with Crippen LogP contribution in [-0.2, 0) is 24.8 Å². The summed E-state index contributed by atoms with van der Waals surface area (Å²) in [6.45, 7) is 3.94. The van der Waals surface area contributed by atoms with Crippen molar-refractivity contribution < 1.29 is 23.1 Å². The average molecular weight is 433 g/mol. The first-order valence-corrected chi connectivity index (χ1v) is 9.56. The molecule has 31 heavy (non-hydrogen) atoms. The number of aliphatic carboxylic acids is 1. The van der Waals surface area contributed by atoms with Crippen LogP contribution >= 0.6 is 0 Å². The Morgan fingerprint density at radius 1 is 1.16 bits per heavy atom. The molecule has 0 unspecified atom stereocenters. The van der Waals surface area contributed by atoms with Crippen LogP contribution in [0.3, 0.4) is 0 Å². The molecule has 0 radical (unpaired) electrons. The summed E-state index contributed by atoms with van der Waals surface area (Å²) < 4.78 is 33.3. The lowest BCUT2D eigenvalue weighted by atomic mass is 9.90. The van der Waals surface area contributed by atoms with Crippen LogP contribution in [0.15, 0.2) is 41.2 Å². The number of aryl methyl sites for hydroxylation is 1. The van der Waals surface area contributed by atoms with Crippen LogP contribution in [0.5, 0.6) is 0 Å². The van der Waals surface area contributed by atoms with Gasteiger partial charge in [-0.3, -0.25) is 9.36 Å². The summed E-state index contributed by atoms with van der Waals surface area (Å²) >= 11 is 0. The molecule has 0 atom stereocenters. The maximum Gasteiger partial charge on any atom is 0.490 e. The number of carboxylic acid groups (broad SMARTS) is 1. The van der Waals surface area contributed by atoms with Crippen LogP contribution in [0.25, 0.3) is 22.0 Å². The fourth-order valence-electron chi connectivity index (χ4n) is 3.57. The SMILES string of the molecule is Cc1nc2cc(-c3cccc4c3CCN(C)C4)ccc2c(=O)n1C.O=C(O)C(F)(F)F. The molecule has 0 spiro atoms. The van der Waals surface area contributed by atoms with Crippen molar-refractivity contribution in [1.82, 2.24) is 14.5 Å². The number of nitrogens with zero attached hydrogens (tertiary/aromatic N) is 3. The van der Waals surface area contributed by atoms with E-state index in [1.165, 1.54) is 16.7 Å². The molecule has 1 aliphatic heterocycles. The first-order chi connectivity index (χ1) is 14.5. The van der Waals surface area contributed by atoms with E-state index in [2.05, 4.69) is 47.3 Å². The van der Waals surface area contributed by atoms with Gasteiger partial charge in [0.05, 0.1) is 10.9 Å². The van der Waals surface area contributed by atoms with Gasteiger partial charge in [-0.2, -0.15) is 13.2 Å². The Bertz CT molecular complexity index is 1200. The monoisotopic (exact) mass is 433 g/mol. The lowest BCUT2D eigenvalue weighted by Gasteiger charge is -2.27. The number of halogens is 3. The van der Waals surface area contributed by atoms with Crippen LogP contribution in [0, 0.1) is 6.92 Å². The summed E-state index contributed by atoms with van der Waals surface area (Å²) in [5.41, 5.74) is 6.02. The van der Waals surface area contributed by atoms with Gasteiger partial charge in [-0.25, -0.2) is 9.78 Å². The van der Waals surface area contributed by atoms with E-state index in [9.17, 15) is 18.0 Å². The summed E-state index contributed by atoms with van der Waals surface area (Å²) in [5, 5.41) is 7.80. The van der Waals surface area contributed by atoms with Gasteiger partial charge in [-0.1, -0.05) is 24.3 Å². The molecule has 2 heterocycles. The second kappa shape index (κ2) is 8.50. The summed E-state index contributed by atoms with van der Waals surface area (Å²) in [5.74, 6) is -2.02. The number of carbonyl (C=O) groups is 1. The van der Waals surface area contributed by atoms with Gasteiger partial charge in [0.2, 0.25) is 0 Å². The minimum atomic E-state index is -5.08. The number of alkyl halides is 3. The Morgan fingerprint density at radius 3 is 2.48 bits per heavy atom. The van der Waals surface area contributed by atoms with Gasteiger partial charge in [0.25, 0.3) is 5.56 Å². The zero-order chi connectivity index (χ0) is 22.9. The Morgan fingerprint density at radius 2 is 1.84 bits per heavy atom. The maximum atomic E-state index is 12.4. The van der Waals surface area contributed by atoms with E-state index in [4.69, 9.17) is 9.90 Å². The number of carboxylic acids is 1. The highest BCUT2D eigenvalue weighted by atomic mass is 19.4. The van der Waals surface area contributed by atoms with E-state index in [1.807, 2.05) is 13.0 Å². The normalized spacial score (nSPS) is 14.0. The van der Waals surface area contributed by atoms with Crippen LogP contribution in [-0.4, -0.2) is 45.3 Å². The van der Waals surface area contributed by atoms with Crippen LogP contribution in [0.2, 0.25) is 0 Å². The van der Waals surface area contributed by atoms with Crippen LogP contribution < -0.4 is 5.56 Å². The molecular weight excluding hydrogens is 411 g/mol. The van der Waals surface area contributed by atoms with Crippen molar-refractivity contribution in [3.05, 3.63) is 63.7 Å². The predicted octanol–water partition coefficient (Wildman–Crippen LogP) is 3.53. The van der Waals surface area contributed by atoms with E-state index in [1.54, 1.807) is 11.6 Å². The van der Waals surface area contributed by atoms with Gasteiger partial charge >= 0.3 is 12.1 Å². The van der Waals surface area contributed by atoms with Crippen molar-refractivity contribution in [1.29, 1.82) is 0 Å². The van der Waals surface area contributed by atoms with Gasteiger partial charge < -0.3 is 10.0 Å². The third-order valence-electron chi connectivity index (χ3n) is 5.31. The molecule has 164 valence electrons. The van der Waals surface area contributed by atoms with Gasteiger partial charge in [-0.15, -0.1) is 0 Å². The first kappa shape index (κ1) is 22.5. The van der Waals surface area contributed by atoms with E-state index < -0.39 is 12.1 Å².